The lowest BCUT2D eigenvalue weighted by atomic mass is 10.3. The quantitative estimate of drug-likeness (QED) is 0.904. The topological polar surface area (TPSA) is 63.3 Å². The summed E-state index contributed by atoms with van der Waals surface area (Å²) in [6.45, 7) is 0. The normalized spacial score (nSPS) is 11.7. The first-order valence-electron chi connectivity index (χ1n) is 4.25. The molecule has 0 fully saturated rings. The van der Waals surface area contributed by atoms with Crippen molar-refractivity contribution in [3.8, 4) is 10.6 Å². The maximum Gasteiger partial charge on any atom is 0.425 e. The molecule has 0 aromatic carbocycles. The summed E-state index contributed by atoms with van der Waals surface area (Å²) in [5.74, 6) is -1.30. The molecule has 0 aliphatic rings. The molecule has 0 aliphatic carbocycles. The van der Waals surface area contributed by atoms with Crippen molar-refractivity contribution in [2.45, 2.75) is 6.18 Å². The van der Waals surface area contributed by atoms with Gasteiger partial charge in [-0.25, -0.2) is 4.79 Å². The van der Waals surface area contributed by atoms with E-state index >= 15 is 0 Å². The maximum atomic E-state index is 12.3. The van der Waals surface area contributed by atoms with E-state index in [1.54, 1.807) is 0 Å². The minimum absolute atomic E-state index is 0.00269. The van der Waals surface area contributed by atoms with Gasteiger partial charge in [0.25, 0.3) is 0 Å². The molecule has 0 aliphatic heterocycles. The summed E-state index contributed by atoms with van der Waals surface area (Å²) >= 11 is 0.466. The van der Waals surface area contributed by atoms with Gasteiger partial charge in [0, 0.05) is 6.07 Å². The second kappa shape index (κ2) is 3.88. The van der Waals surface area contributed by atoms with Gasteiger partial charge in [-0.05, 0) is 12.1 Å². The lowest BCUT2D eigenvalue weighted by Crippen LogP contribution is -2.00. The van der Waals surface area contributed by atoms with Crippen LogP contribution in [0.4, 0.5) is 13.2 Å². The molecule has 0 saturated carbocycles. The minimum atomic E-state index is -4.42. The molecule has 0 atom stereocenters. The number of hydrogen-bond donors (Lipinski definition) is 1. The van der Waals surface area contributed by atoms with Crippen molar-refractivity contribution < 1.29 is 27.6 Å². The Morgan fingerprint density at radius 2 is 2.12 bits per heavy atom. The predicted octanol–water partition coefficient (Wildman–Crippen LogP) is 3.12. The van der Waals surface area contributed by atoms with Gasteiger partial charge in [-0.2, -0.15) is 13.2 Å². The highest BCUT2D eigenvalue weighted by Gasteiger charge is 2.32. The average Bonchev–Trinajstić information content (AvgIpc) is 2.85. The smallest absolute Gasteiger partial charge is 0.425 e. The van der Waals surface area contributed by atoms with Crippen LogP contribution >= 0.6 is 11.3 Å². The van der Waals surface area contributed by atoms with Crippen LogP contribution in [0.5, 0.6) is 0 Å². The molecule has 2 aromatic heterocycles. The maximum absolute atomic E-state index is 12.3. The molecule has 0 bridgehead atoms. The summed E-state index contributed by atoms with van der Waals surface area (Å²) in [6, 6.07) is 3.19. The summed E-state index contributed by atoms with van der Waals surface area (Å²) in [5, 5.41) is 11.8. The number of thiophene rings is 1. The van der Waals surface area contributed by atoms with Crippen molar-refractivity contribution in [2.24, 2.45) is 0 Å². The molecule has 0 spiro atoms. The van der Waals surface area contributed by atoms with Gasteiger partial charge in [-0.3, -0.25) is 0 Å². The molecule has 0 amide bonds. The highest BCUT2D eigenvalue weighted by molar-refractivity contribution is 7.15. The van der Waals surface area contributed by atoms with Gasteiger partial charge in [0.05, 0.1) is 4.88 Å². The third kappa shape index (κ3) is 2.31. The summed E-state index contributed by atoms with van der Waals surface area (Å²) in [7, 11) is 0. The summed E-state index contributed by atoms with van der Waals surface area (Å²) < 4.78 is 41.6. The number of hydrogen-bond acceptors (Lipinski definition) is 4. The van der Waals surface area contributed by atoms with E-state index in [-0.39, 0.29) is 16.3 Å². The van der Waals surface area contributed by atoms with Gasteiger partial charge in [-0.1, -0.05) is 5.16 Å². The Morgan fingerprint density at radius 1 is 1.41 bits per heavy atom. The van der Waals surface area contributed by atoms with Crippen molar-refractivity contribution in [3.05, 3.63) is 28.8 Å². The van der Waals surface area contributed by atoms with E-state index in [1.807, 2.05) is 0 Å². The Kier molecular flexibility index (Phi) is 2.66. The number of carboxylic acids is 1. The molecule has 2 rings (SSSR count). The van der Waals surface area contributed by atoms with E-state index in [4.69, 9.17) is 5.11 Å². The molecule has 0 saturated heterocycles. The molecule has 2 heterocycles. The fourth-order valence-corrected chi connectivity index (χ4v) is 1.94. The molecular formula is C9H4F3NO3S. The summed E-state index contributed by atoms with van der Waals surface area (Å²) in [6.07, 6.45) is -4.42. The molecule has 1 N–H and O–H groups in total. The first-order chi connectivity index (χ1) is 7.88. The van der Waals surface area contributed by atoms with Crippen molar-refractivity contribution in [3.63, 3.8) is 0 Å². The predicted molar refractivity (Wildman–Crippen MR) is 51.8 cm³/mol. The SMILES string of the molecule is O=C(O)c1cc(-c2ccc(C(F)(F)F)s2)on1. The minimum Gasteiger partial charge on any atom is -0.476 e. The van der Waals surface area contributed by atoms with Crippen LogP contribution in [0.1, 0.15) is 15.4 Å². The average molecular weight is 263 g/mol. The third-order valence-corrected chi connectivity index (χ3v) is 3.00. The molecule has 90 valence electrons. The zero-order valence-electron chi connectivity index (χ0n) is 7.99. The van der Waals surface area contributed by atoms with Crippen LogP contribution < -0.4 is 0 Å². The first-order valence-corrected chi connectivity index (χ1v) is 5.07. The number of rotatable bonds is 2. The number of aromatic carboxylic acids is 1. The van der Waals surface area contributed by atoms with Gasteiger partial charge >= 0.3 is 12.1 Å². The van der Waals surface area contributed by atoms with Crippen LogP contribution in [0.25, 0.3) is 10.6 Å². The zero-order valence-corrected chi connectivity index (χ0v) is 8.80. The fourth-order valence-electron chi connectivity index (χ4n) is 1.11. The number of alkyl halides is 3. The van der Waals surface area contributed by atoms with E-state index < -0.39 is 17.0 Å². The lowest BCUT2D eigenvalue weighted by Gasteiger charge is -2.00. The zero-order chi connectivity index (χ0) is 12.6. The number of carboxylic acid groups (broad SMARTS) is 1. The summed E-state index contributed by atoms with van der Waals surface area (Å²) in [4.78, 5) is 9.91. The molecule has 8 heteroatoms. The van der Waals surface area contributed by atoms with Crippen LogP contribution in [0.2, 0.25) is 0 Å². The van der Waals surface area contributed by atoms with Gasteiger partial charge in [-0.15, -0.1) is 11.3 Å². The van der Waals surface area contributed by atoms with Crippen LogP contribution in [-0.4, -0.2) is 16.2 Å². The highest BCUT2D eigenvalue weighted by Crippen LogP contribution is 2.38. The molecule has 4 nitrogen and oxygen atoms in total. The van der Waals surface area contributed by atoms with E-state index in [2.05, 4.69) is 9.68 Å². The highest BCUT2D eigenvalue weighted by atomic mass is 32.1. The van der Waals surface area contributed by atoms with Gasteiger partial charge in [0.15, 0.2) is 11.5 Å². The number of aromatic nitrogens is 1. The van der Waals surface area contributed by atoms with E-state index in [0.717, 1.165) is 12.1 Å². The fraction of sp³-hybridized carbons (Fsp3) is 0.111. The Hall–Kier alpha value is -1.83. The van der Waals surface area contributed by atoms with Crippen molar-refractivity contribution in [1.29, 1.82) is 0 Å². The second-order valence-electron chi connectivity index (χ2n) is 3.04. The monoisotopic (exact) mass is 263 g/mol. The van der Waals surface area contributed by atoms with Gasteiger partial charge in [0.1, 0.15) is 4.88 Å². The molecule has 0 unspecified atom stereocenters. The number of halogens is 3. The first kappa shape index (κ1) is 11.6. The van der Waals surface area contributed by atoms with Crippen molar-refractivity contribution in [2.75, 3.05) is 0 Å². The third-order valence-electron chi connectivity index (χ3n) is 1.86. The van der Waals surface area contributed by atoms with Crippen LogP contribution in [0, 0.1) is 0 Å². The van der Waals surface area contributed by atoms with Crippen LogP contribution in [0.15, 0.2) is 22.7 Å². The Bertz CT molecular complexity index is 558. The molecule has 0 radical (unpaired) electrons. The Labute approximate surface area is 96.3 Å². The Morgan fingerprint density at radius 3 is 2.59 bits per heavy atom. The largest absolute Gasteiger partial charge is 0.476 e. The van der Waals surface area contributed by atoms with Crippen LogP contribution in [0.3, 0.4) is 0 Å². The molecular weight excluding hydrogens is 259 g/mol. The van der Waals surface area contributed by atoms with Crippen molar-refractivity contribution in [1.82, 2.24) is 5.16 Å². The second-order valence-corrected chi connectivity index (χ2v) is 4.13. The standard InChI is InChI=1S/C9H4F3NO3S/c10-9(11,12)7-2-1-6(17-7)5-3-4(8(14)15)13-16-5/h1-3H,(H,14,15). The van der Waals surface area contributed by atoms with Gasteiger partial charge < -0.3 is 9.63 Å². The van der Waals surface area contributed by atoms with E-state index in [1.165, 1.54) is 6.07 Å². The Balaban J connectivity index is 2.34. The molecule has 2 aromatic rings. The number of carbonyl (C=O) groups is 1. The van der Waals surface area contributed by atoms with E-state index in [9.17, 15) is 18.0 Å². The summed E-state index contributed by atoms with van der Waals surface area (Å²) in [5.41, 5.74) is -0.345. The number of nitrogens with zero attached hydrogens (tertiary/aromatic N) is 1. The van der Waals surface area contributed by atoms with Crippen LogP contribution in [-0.2, 0) is 6.18 Å². The van der Waals surface area contributed by atoms with Crippen molar-refractivity contribution >= 4 is 17.3 Å². The van der Waals surface area contributed by atoms with Gasteiger partial charge in [0.2, 0.25) is 0 Å². The lowest BCUT2D eigenvalue weighted by molar-refractivity contribution is -0.134. The van der Waals surface area contributed by atoms with E-state index in [0.29, 0.717) is 11.3 Å². The molecule has 17 heavy (non-hydrogen) atoms.